The van der Waals surface area contributed by atoms with Crippen molar-refractivity contribution in [2.24, 2.45) is 0 Å². The van der Waals surface area contributed by atoms with Gasteiger partial charge in [-0.2, -0.15) is 0 Å². The fourth-order valence-electron chi connectivity index (χ4n) is 2.68. The number of benzene rings is 1. The zero-order valence-corrected chi connectivity index (χ0v) is 12.0. The van der Waals surface area contributed by atoms with Gasteiger partial charge in [-0.05, 0) is 24.5 Å². The molecule has 1 aliphatic carbocycles. The van der Waals surface area contributed by atoms with Gasteiger partial charge in [0.2, 0.25) is 11.8 Å². The summed E-state index contributed by atoms with van der Waals surface area (Å²) >= 11 is 0. The van der Waals surface area contributed by atoms with Crippen molar-refractivity contribution < 1.29 is 9.59 Å². The Morgan fingerprint density at radius 1 is 1.19 bits per heavy atom. The Labute approximate surface area is 124 Å². The monoisotopic (exact) mass is 287 g/mol. The van der Waals surface area contributed by atoms with E-state index in [1.807, 2.05) is 18.2 Å². The average molecular weight is 287 g/mol. The minimum Gasteiger partial charge on any atom is -0.384 e. The summed E-state index contributed by atoms with van der Waals surface area (Å²) < 4.78 is 0. The van der Waals surface area contributed by atoms with Gasteiger partial charge in [-0.15, -0.1) is 0 Å². The average Bonchev–Trinajstić information content (AvgIpc) is 3.19. The van der Waals surface area contributed by atoms with Crippen molar-refractivity contribution in [3.05, 3.63) is 29.8 Å². The lowest BCUT2D eigenvalue weighted by Gasteiger charge is -2.10. The molecule has 1 atom stereocenters. The van der Waals surface area contributed by atoms with E-state index in [4.69, 9.17) is 0 Å². The number of para-hydroxylation sites is 1. The van der Waals surface area contributed by atoms with Crippen molar-refractivity contribution in [1.82, 2.24) is 10.6 Å². The highest BCUT2D eigenvalue weighted by atomic mass is 16.2. The van der Waals surface area contributed by atoms with Crippen LogP contribution in [0, 0.1) is 0 Å². The zero-order chi connectivity index (χ0) is 14.7. The van der Waals surface area contributed by atoms with Crippen LogP contribution < -0.4 is 16.0 Å². The molecular weight excluding hydrogens is 266 g/mol. The molecule has 112 valence electrons. The molecule has 0 aromatic heterocycles. The van der Waals surface area contributed by atoms with Crippen LogP contribution in [0.4, 0.5) is 5.69 Å². The Bertz CT molecular complexity index is 540. The van der Waals surface area contributed by atoms with Crippen molar-refractivity contribution in [3.8, 4) is 0 Å². The van der Waals surface area contributed by atoms with Crippen molar-refractivity contribution in [2.45, 2.75) is 37.6 Å². The molecule has 2 aliphatic rings. The van der Waals surface area contributed by atoms with Gasteiger partial charge in [0.25, 0.3) is 0 Å². The van der Waals surface area contributed by atoms with E-state index in [-0.39, 0.29) is 17.7 Å². The SMILES string of the molecule is O=C(CC1CNc2ccccc21)NCCC(=O)NC1CC1. The normalized spacial score (nSPS) is 19.5. The molecule has 0 radical (unpaired) electrons. The van der Waals surface area contributed by atoms with E-state index in [9.17, 15) is 9.59 Å². The second-order valence-corrected chi connectivity index (χ2v) is 5.81. The number of fused-ring (bicyclic) bond motifs is 1. The van der Waals surface area contributed by atoms with Gasteiger partial charge in [0.1, 0.15) is 0 Å². The summed E-state index contributed by atoms with van der Waals surface area (Å²) in [6.45, 7) is 1.22. The van der Waals surface area contributed by atoms with Crippen LogP contribution in [0.5, 0.6) is 0 Å². The topological polar surface area (TPSA) is 70.2 Å². The molecular formula is C16H21N3O2. The lowest BCUT2D eigenvalue weighted by molar-refractivity contribution is -0.122. The molecule has 1 aromatic carbocycles. The van der Waals surface area contributed by atoms with E-state index in [1.54, 1.807) is 0 Å². The Hall–Kier alpha value is -2.04. The maximum Gasteiger partial charge on any atom is 0.221 e. The van der Waals surface area contributed by atoms with Crippen LogP contribution in [-0.2, 0) is 9.59 Å². The van der Waals surface area contributed by atoms with E-state index < -0.39 is 0 Å². The number of amides is 2. The molecule has 1 aliphatic heterocycles. The maximum absolute atomic E-state index is 12.0. The number of rotatable bonds is 6. The van der Waals surface area contributed by atoms with E-state index in [0.717, 1.165) is 25.1 Å². The summed E-state index contributed by atoms with van der Waals surface area (Å²) in [4.78, 5) is 23.5. The first-order valence-corrected chi connectivity index (χ1v) is 7.61. The first-order chi connectivity index (χ1) is 10.2. The molecule has 2 amide bonds. The van der Waals surface area contributed by atoms with Gasteiger partial charge in [-0.1, -0.05) is 18.2 Å². The highest BCUT2D eigenvalue weighted by Gasteiger charge is 2.24. The third-order valence-corrected chi connectivity index (χ3v) is 3.99. The summed E-state index contributed by atoms with van der Waals surface area (Å²) in [6, 6.07) is 8.48. The van der Waals surface area contributed by atoms with Gasteiger partial charge < -0.3 is 16.0 Å². The molecule has 3 N–H and O–H groups in total. The standard InChI is InChI=1S/C16H21N3O2/c20-15(19-12-5-6-12)7-8-17-16(21)9-11-10-18-14-4-2-1-3-13(11)14/h1-4,11-12,18H,5-10H2,(H,17,21)(H,19,20). The van der Waals surface area contributed by atoms with Crippen LogP contribution in [-0.4, -0.2) is 30.9 Å². The van der Waals surface area contributed by atoms with Crippen molar-refractivity contribution in [3.63, 3.8) is 0 Å². The fourth-order valence-corrected chi connectivity index (χ4v) is 2.68. The highest BCUT2D eigenvalue weighted by molar-refractivity contribution is 5.80. The second kappa shape index (κ2) is 6.16. The van der Waals surface area contributed by atoms with Crippen molar-refractivity contribution >= 4 is 17.5 Å². The van der Waals surface area contributed by atoms with Crippen LogP contribution in [0.1, 0.15) is 37.2 Å². The van der Waals surface area contributed by atoms with Gasteiger partial charge in [0, 0.05) is 43.6 Å². The molecule has 0 spiro atoms. The first kappa shape index (κ1) is 13.9. The molecule has 3 rings (SSSR count). The van der Waals surface area contributed by atoms with E-state index in [1.165, 1.54) is 5.56 Å². The fraction of sp³-hybridized carbons (Fsp3) is 0.500. The number of carbonyl (C=O) groups excluding carboxylic acids is 2. The van der Waals surface area contributed by atoms with Crippen LogP contribution in [0.15, 0.2) is 24.3 Å². The molecule has 5 heteroatoms. The summed E-state index contributed by atoms with van der Waals surface area (Å²) in [7, 11) is 0. The largest absolute Gasteiger partial charge is 0.384 e. The third kappa shape index (κ3) is 3.74. The van der Waals surface area contributed by atoms with Gasteiger partial charge in [0.15, 0.2) is 0 Å². The van der Waals surface area contributed by atoms with Gasteiger partial charge in [0.05, 0.1) is 0 Å². The lowest BCUT2D eigenvalue weighted by Crippen LogP contribution is -2.32. The van der Waals surface area contributed by atoms with Gasteiger partial charge in [-0.25, -0.2) is 0 Å². The van der Waals surface area contributed by atoms with Crippen molar-refractivity contribution in [1.29, 1.82) is 0 Å². The van der Waals surface area contributed by atoms with E-state index in [0.29, 0.717) is 25.4 Å². The molecule has 21 heavy (non-hydrogen) atoms. The minimum atomic E-state index is 0.0118. The zero-order valence-electron chi connectivity index (χ0n) is 12.0. The first-order valence-electron chi connectivity index (χ1n) is 7.61. The predicted molar refractivity (Wildman–Crippen MR) is 81.1 cm³/mol. The number of nitrogens with one attached hydrogen (secondary N) is 3. The molecule has 1 unspecified atom stereocenters. The number of hydrogen-bond donors (Lipinski definition) is 3. The van der Waals surface area contributed by atoms with Crippen molar-refractivity contribution in [2.75, 3.05) is 18.4 Å². The number of hydrogen-bond acceptors (Lipinski definition) is 3. The number of carbonyl (C=O) groups is 2. The quantitative estimate of drug-likeness (QED) is 0.740. The second-order valence-electron chi connectivity index (χ2n) is 5.81. The summed E-state index contributed by atoms with van der Waals surface area (Å²) in [5.41, 5.74) is 2.33. The van der Waals surface area contributed by atoms with Crippen LogP contribution >= 0.6 is 0 Å². The van der Waals surface area contributed by atoms with Gasteiger partial charge in [-0.3, -0.25) is 9.59 Å². The molecule has 1 heterocycles. The van der Waals surface area contributed by atoms with Crippen LogP contribution in [0.3, 0.4) is 0 Å². The summed E-state index contributed by atoms with van der Waals surface area (Å²) in [5, 5.41) is 9.07. The summed E-state index contributed by atoms with van der Waals surface area (Å²) in [6.07, 6.45) is 3.01. The van der Waals surface area contributed by atoms with Crippen LogP contribution in [0.2, 0.25) is 0 Å². The van der Waals surface area contributed by atoms with E-state index >= 15 is 0 Å². The Balaban J connectivity index is 1.39. The highest BCUT2D eigenvalue weighted by Crippen LogP contribution is 2.32. The molecule has 1 aromatic rings. The van der Waals surface area contributed by atoms with Crippen LogP contribution in [0.25, 0.3) is 0 Å². The minimum absolute atomic E-state index is 0.0118. The molecule has 0 saturated heterocycles. The van der Waals surface area contributed by atoms with E-state index in [2.05, 4.69) is 22.0 Å². The molecule has 5 nitrogen and oxygen atoms in total. The Morgan fingerprint density at radius 2 is 2.00 bits per heavy atom. The Morgan fingerprint density at radius 3 is 2.81 bits per heavy atom. The number of anilines is 1. The molecule has 1 saturated carbocycles. The smallest absolute Gasteiger partial charge is 0.221 e. The predicted octanol–water partition coefficient (Wildman–Crippen LogP) is 1.37. The third-order valence-electron chi connectivity index (χ3n) is 3.99. The summed E-state index contributed by atoms with van der Waals surface area (Å²) in [5.74, 6) is 0.268. The van der Waals surface area contributed by atoms with Gasteiger partial charge >= 0.3 is 0 Å². The Kier molecular flexibility index (Phi) is 4.08. The molecule has 1 fully saturated rings. The molecule has 0 bridgehead atoms. The maximum atomic E-state index is 12.0. The lowest BCUT2D eigenvalue weighted by atomic mass is 9.97.